The van der Waals surface area contributed by atoms with E-state index in [-0.39, 0.29) is 0 Å². The van der Waals surface area contributed by atoms with E-state index >= 15 is 0 Å². The van der Waals surface area contributed by atoms with Crippen molar-refractivity contribution in [3.05, 3.63) is 0 Å². The van der Waals surface area contributed by atoms with Gasteiger partial charge in [0, 0.05) is 19.0 Å². The lowest BCUT2D eigenvalue weighted by Crippen LogP contribution is -2.44. The van der Waals surface area contributed by atoms with Gasteiger partial charge in [0.15, 0.2) is 0 Å². The minimum Gasteiger partial charge on any atom is -0.481 e. The van der Waals surface area contributed by atoms with Gasteiger partial charge >= 0.3 is 5.97 Å². The topological polar surface area (TPSA) is 40.5 Å². The first-order valence-corrected chi connectivity index (χ1v) is 5.96. The van der Waals surface area contributed by atoms with Crippen LogP contribution in [0.2, 0.25) is 0 Å². The van der Waals surface area contributed by atoms with Crippen LogP contribution < -0.4 is 0 Å². The molecule has 2 unspecified atom stereocenters. The number of hydrogen-bond acceptors (Lipinski definition) is 2. The van der Waals surface area contributed by atoms with Gasteiger partial charge in [0.1, 0.15) is 0 Å². The fraction of sp³-hybridized carbons (Fsp3) is 0.917. The van der Waals surface area contributed by atoms with Gasteiger partial charge in [-0.25, -0.2) is 0 Å². The smallest absolute Gasteiger partial charge is 0.303 e. The molecule has 1 fully saturated rings. The third-order valence-corrected chi connectivity index (χ3v) is 3.55. The molecular formula is C12H23NO2. The Kier molecular flexibility index (Phi) is 4.58. The van der Waals surface area contributed by atoms with Crippen LogP contribution in [0, 0.1) is 11.8 Å². The molecule has 1 saturated heterocycles. The Labute approximate surface area is 92.5 Å². The van der Waals surface area contributed by atoms with Crippen molar-refractivity contribution in [2.24, 2.45) is 11.8 Å². The molecule has 0 aromatic heterocycles. The Hall–Kier alpha value is -0.570. The summed E-state index contributed by atoms with van der Waals surface area (Å²) >= 11 is 0. The van der Waals surface area contributed by atoms with Crippen molar-refractivity contribution in [1.82, 2.24) is 4.90 Å². The Morgan fingerprint density at radius 2 is 2.13 bits per heavy atom. The number of carbonyl (C=O) groups is 1. The molecule has 88 valence electrons. The van der Waals surface area contributed by atoms with Gasteiger partial charge in [-0.05, 0) is 38.1 Å². The number of rotatable bonds is 4. The van der Waals surface area contributed by atoms with Gasteiger partial charge in [-0.15, -0.1) is 0 Å². The molecule has 0 radical (unpaired) electrons. The van der Waals surface area contributed by atoms with Crippen molar-refractivity contribution in [3.63, 3.8) is 0 Å². The first kappa shape index (κ1) is 12.5. The van der Waals surface area contributed by atoms with Gasteiger partial charge in [-0.3, -0.25) is 4.79 Å². The van der Waals surface area contributed by atoms with Crippen LogP contribution in [0.1, 0.15) is 40.0 Å². The van der Waals surface area contributed by atoms with Gasteiger partial charge in [0.2, 0.25) is 0 Å². The minimum absolute atomic E-state index is 0.335. The lowest BCUT2D eigenvalue weighted by atomic mass is 9.92. The second-order valence-electron chi connectivity index (χ2n) is 5.09. The first-order valence-electron chi connectivity index (χ1n) is 5.96. The van der Waals surface area contributed by atoms with Gasteiger partial charge in [0.25, 0.3) is 0 Å². The van der Waals surface area contributed by atoms with Crippen molar-refractivity contribution in [3.8, 4) is 0 Å². The van der Waals surface area contributed by atoms with Crippen LogP contribution in [-0.2, 0) is 4.79 Å². The van der Waals surface area contributed by atoms with Crippen molar-refractivity contribution < 1.29 is 9.90 Å². The molecule has 1 rings (SSSR count). The van der Waals surface area contributed by atoms with Crippen LogP contribution in [0.15, 0.2) is 0 Å². The Balaban J connectivity index is 2.44. The molecule has 15 heavy (non-hydrogen) atoms. The van der Waals surface area contributed by atoms with E-state index in [9.17, 15) is 4.79 Å². The number of aliphatic carboxylic acids is 1. The first-order chi connectivity index (χ1) is 7.00. The average Bonchev–Trinajstić information content (AvgIpc) is 2.16. The molecule has 0 aromatic carbocycles. The van der Waals surface area contributed by atoms with Crippen molar-refractivity contribution in [2.75, 3.05) is 13.1 Å². The highest BCUT2D eigenvalue weighted by molar-refractivity contribution is 5.67. The van der Waals surface area contributed by atoms with Gasteiger partial charge in [-0.1, -0.05) is 13.8 Å². The summed E-state index contributed by atoms with van der Waals surface area (Å²) in [5, 5.41) is 8.78. The number of carboxylic acid groups (broad SMARTS) is 1. The van der Waals surface area contributed by atoms with Crippen LogP contribution in [-0.4, -0.2) is 35.1 Å². The molecule has 2 atom stereocenters. The van der Waals surface area contributed by atoms with Crippen LogP contribution in [0.4, 0.5) is 0 Å². The minimum atomic E-state index is -0.654. The van der Waals surface area contributed by atoms with E-state index in [1.54, 1.807) is 0 Å². The molecule has 1 aliphatic heterocycles. The third kappa shape index (κ3) is 3.82. The molecule has 0 amide bonds. The summed E-state index contributed by atoms with van der Waals surface area (Å²) in [5.41, 5.74) is 0. The SMILES string of the molecule is CC(C)C(C)N1CCCC(CC(=O)O)C1. The molecule has 3 heteroatoms. The molecule has 0 aliphatic carbocycles. The number of piperidine rings is 1. The molecule has 3 nitrogen and oxygen atoms in total. The lowest BCUT2D eigenvalue weighted by Gasteiger charge is -2.38. The van der Waals surface area contributed by atoms with Crippen LogP contribution in [0.5, 0.6) is 0 Å². The number of likely N-dealkylation sites (tertiary alicyclic amines) is 1. The summed E-state index contributed by atoms with van der Waals surface area (Å²) in [6.07, 6.45) is 2.56. The maximum Gasteiger partial charge on any atom is 0.303 e. The summed E-state index contributed by atoms with van der Waals surface area (Å²) < 4.78 is 0. The third-order valence-electron chi connectivity index (χ3n) is 3.55. The summed E-state index contributed by atoms with van der Waals surface area (Å²) in [7, 11) is 0. The maximum absolute atomic E-state index is 10.7. The fourth-order valence-corrected chi connectivity index (χ4v) is 2.30. The monoisotopic (exact) mass is 213 g/mol. The Morgan fingerprint density at radius 3 is 2.67 bits per heavy atom. The van der Waals surface area contributed by atoms with E-state index in [2.05, 4.69) is 25.7 Å². The fourth-order valence-electron chi connectivity index (χ4n) is 2.30. The zero-order valence-corrected chi connectivity index (χ0v) is 10.1. The van der Waals surface area contributed by atoms with Crippen molar-refractivity contribution >= 4 is 5.97 Å². The molecule has 0 bridgehead atoms. The predicted octanol–water partition coefficient (Wildman–Crippen LogP) is 2.22. The van der Waals surface area contributed by atoms with Crippen LogP contribution in [0.3, 0.4) is 0 Å². The van der Waals surface area contributed by atoms with E-state index in [0.717, 1.165) is 25.9 Å². The Bertz CT molecular complexity index is 216. The summed E-state index contributed by atoms with van der Waals surface area (Å²) in [4.78, 5) is 13.1. The molecule has 1 aliphatic rings. The van der Waals surface area contributed by atoms with Crippen molar-refractivity contribution in [1.29, 1.82) is 0 Å². The standard InChI is InChI=1S/C12H23NO2/c1-9(2)10(3)13-6-4-5-11(8-13)7-12(14)15/h9-11H,4-8H2,1-3H3,(H,14,15). The summed E-state index contributed by atoms with van der Waals surface area (Å²) in [6.45, 7) is 8.80. The summed E-state index contributed by atoms with van der Waals surface area (Å²) in [5.74, 6) is 0.352. The molecule has 1 N–H and O–H groups in total. The molecular weight excluding hydrogens is 190 g/mol. The largest absolute Gasteiger partial charge is 0.481 e. The van der Waals surface area contributed by atoms with Crippen LogP contribution >= 0.6 is 0 Å². The van der Waals surface area contributed by atoms with E-state index < -0.39 is 5.97 Å². The van der Waals surface area contributed by atoms with Crippen molar-refractivity contribution in [2.45, 2.75) is 46.1 Å². The zero-order chi connectivity index (χ0) is 11.4. The molecule has 0 saturated carbocycles. The molecule has 0 aromatic rings. The van der Waals surface area contributed by atoms with Gasteiger partial charge < -0.3 is 10.0 Å². The second kappa shape index (κ2) is 5.50. The zero-order valence-electron chi connectivity index (χ0n) is 10.1. The Morgan fingerprint density at radius 1 is 1.47 bits per heavy atom. The maximum atomic E-state index is 10.7. The van der Waals surface area contributed by atoms with E-state index in [0.29, 0.717) is 24.3 Å². The normalized spacial score (nSPS) is 25.5. The number of hydrogen-bond donors (Lipinski definition) is 1. The molecule has 0 spiro atoms. The highest BCUT2D eigenvalue weighted by Gasteiger charge is 2.26. The van der Waals surface area contributed by atoms with E-state index in [1.807, 2.05) is 0 Å². The molecule has 1 heterocycles. The van der Waals surface area contributed by atoms with E-state index in [4.69, 9.17) is 5.11 Å². The lowest BCUT2D eigenvalue weighted by molar-refractivity contribution is -0.138. The highest BCUT2D eigenvalue weighted by Crippen LogP contribution is 2.23. The number of carboxylic acids is 1. The highest BCUT2D eigenvalue weighted by atomic mass is 16.4. The summed E-state index contributed by atoms with van der Waals surface area (Å²) in [6, 6.07) is 0.571. The van der Waals surface area contributed by atoms with Gasteiger partial charge in [-0.2, -0.15) is 0 Å². The second-order valence-corrected chi connectivity index (χ2v) is 5.09. The van der Waals surface area contributed by atoms with Gasteiger partial charge in [0.05, 0.1) is 0 Å². The number of nitrogens with zero attached hydrogens (tertiary/aromatic N) is 1. The predicted molar refractivity (Wildman–Crippen MR) is 60.8 cm³/mol. The van der Waals surface area contributed by atoms with Crippen LogP contribution in [0.25, 0.3) is 0 Å². The quantitative estimate of drug-likeness (QED) is 0.778. The van der Waals surface area contributed by atoms with E-state index in [1.165, 1.54) is 0 Å². The average molecular weight is 213 g/mol.